The molecule has 1 aromatic carbocycles. The van der Waals surface area contributed by atoms with Gasteiger partial charge >= 0.3 is 0 Å². The average Bonchev–Trinajstić information content (AvgIpc) is 2.75. The molecule has 0 unspecified atom stereocenters. The molecular formula is C16H23N3O3. The number of anilines is 1. The molecule has 22 heavy (non-hydrogen) atoms. The Morgan fingerprint density at radius 2 is 2.23 bits per heavy atom. The fourth-order valence-corrected chi connectivity index (χ4v) is 2.34. The molecule has 2 aromatic rings. The minimum Gasteiger partial charge on any atom is -0.491 e. The number of benzene rings is 1. The molecule has 0 spiro atoms. The van der Waals surface area contributed by atoms with Crippen molar-refractivity contribution in [3.8, 4) is 5.75 Å². The number of fused-ring (bicyclic) bond motifs is 1. The van der Waals surface area contributed by atoms with Crippen molar-refractivity contribution < 1.29 is 14.6 Å². The molecule has 120 valence electrons. The highest BCUT2D eigenvalue weighted by Crippen LogP contribution is 2.28. The molecule has 0 radical (unpaired) electrons. The van der Waals surface area contributed by atoms with Crippen molar-refractivity contribution in [1.82, 2.24) is 9.78 Å². The molecule has 6 heteroatoms. The van der Waals surface area contributed by atoms with Gasteiger partial charge in [0.1, 0.15) is 5.75 Å². The Balaban J connectivity index is 1.73. The van der Waals surface area contributed by atoms with Gasteiger partial charge in [-0.3, -0.25) is 4.68 Å². The van der Waals surface area contributed by atoms with Crippen LogP contribution in [0, 0.1) is 5.92 Å². The van der Waals surface area contributed by atoms with Gasteiger partial charge in [0, 0.05) is 30.1 Å². The molecule has 6 nitrogen and oxygen atoms in total. The van der Waals surface area contributed by atoms with E-state index < -0.39 is 5.60 Å². The van der Waals surface area contributed by atoms with E-state index in [2.05, 4.69) is 5.10 Å². The van der Waals surface area contributed by atoms with E-state index in [0.717, 1.165) is 24.1 Å². The van der Waals surface area contributed by atoms with E-state index >= 15 is 0 Å². The van der Waals surface area contributed by atoms with E-state index in [0.29, 0.717) is 36.9 Å². The van der Waals surface area contributed by atoms with Crippen LogP contribution in [-0.2, 0) is 11.3 Å². The van der Waals surface area contributed by atoms with Gasteiger partial charge in [0.25, 0.3) is 0 Å². The van der Waals surface area contributed by atoms with Gasteiger partial charge in [-0.25, -0.2) is 0 Å². The van der Waals surface area contributed by atoms with Crippen LogP contribution in [0.15, 0.2) is 18.3 Å². The first kappa shape index (κ1) is 15.1. The Kier molecular flexibility index (Phi) is 3.97. The maximum Gasteiger partial charge on any atom is 0.144 e. The minimum atomic E-state index is -0.698. The fraction of sp³-hybridized carbons (Fsp3) is 0.562. The first-order valence-corrected chi connectivity index (χ1v) is 7.60. The van der Waals surface area contributed by atoms with E-state index in [1.165, 1.54) is 0 Å². The highest BCUT2D eigenvalue weighted by atomic mass is 16.5. The number of ether oxygens (including phenoxy) is 2. The van der Waals surface area contributed by atoms with Crippen molar-refractivity contribution in [1.29, 1.82) is 0 Å². The second-order valence-electron chi connectivity index (χ2n) is 6.62. The molecule has 0 amide bonds. The highest BCUT2D eigenvalue weighted by Gasteiger charge is 2.20. The zero-order valence-corrected chi connectivity index (χ0v) is 13.1. The summed E-state index contributed by atoms with van der Waals surface area (Å²) >= 11 is 0. The summed E-state index contributed by atoms with van der Waals surface area (Å²) in [7, 11) is 0. The van der Waals surface area contributed by atoms with Gasteiger partial charge < -0.3 is 20.3 Å². The number of hydrogen-bond donors (Lipinski definition) is 2. The Bertz CT molecular complexity index is 656. The van der Waals surface area contributed by atoms with Gasteiger partial charge in [-0.05, 0) is 26.3 Å². The summed E-state index contributed by atoms with van der Waals surface area (Å²) in [5.41, 5.74) is 6.83. The second-order valence-corrected chi connectivity index (χ2v) is 6.62. The fourth-order valence-electron chi connectivity index (χ4n) is 2.34. The van der Waals surface area contributed by atoms with Crippen molar-refractivity contribution in [3.05, 3.63) is 18.3 Å². The summed E-state index contributed by atoms with van der Waals surface area (Å²) in [6.07, 6.45) is 2.59. The van der Waals surface area contributed by atoms with Crippen LogP contribution in [0.3, 0.4) is 0 Å². The van der Waals surface area contributed by atoms with Crippen molar-refractivity contribution in [2.75, 3.05) is 25.6 Å². The lowest BCUT2D eigenvalue weighted by Crippen LogP contribution is -2.32. The third kappa shape index (κ3) is 3.51. The van der Waals surface area contributed by atoms with Gasteiger partial charge in [0.2, 0.25) is 0 Å². The van der Waals surface area contributed by atoms with E-state index in [1.807, 2.05) is 23.0 Å². The lowest BCUT2D eigenvalue weighted by Gasteiger charge is -2.25. The molecule has 0 bridgehead atoms. The van der Waals surface area contributed by atoms with Crippen LogP contribution in [0.4, 0.5) is 5.69 Å². The number of aryl methyl sites for hydroxylation is 1. The van der Waals surface area contributed by atoms with Crippen LogP contribution >= 0.6 is 0 Å². The molecular weight excluding hydrogens is 282 g/mol. The molecule has 1 fully saturated rings. The lowest BCUT2D eigenvalue weighted by atomic mass is 10.1. The van der Waals surface area contributed by atoms with E-state index in [1.54, 1.807) is 13.8 Å². The molecule has 3 rings (SSSR count). The summed E-state index contributed by atoms with van der Waals surface area (Å²) < 4.78 is 12.8. The molecule has 1 aromatic heterocycles. The van der Waals surface area contributed by atoms with Crippen LogP contribution in [0.2, 0.25) is 0 Å². The highest BCUT2D eigenvalue weighted by molar-refractivity contribution is 5.84. The number of nitrogens with zero attached hydrogens (tertiary/aromatic N) is 2. The zero-order valence-electron chi connectivity index (χ0n) is 13.1. The predicted molar refractivity (Wildman–Crippen MR) is 84.9 cm³/mol. The number of nitrogen functional groups attached to an aromatic ring is 1. The predicted octanol–water partition coefficient (Wildman–Crippen LogP) is 1.80. The number of nitrogens with two attached hydrogens (primary N) is 1. The summed E-state index contributed by atoms with van der Waals surface area (Å²) in [5, 5.41) is 15.3. The van der Waals surface area contributed by atoms with Crippen molar-refractivity contribution in [2.45, 2.75) is 32.4 Å². The normalized spacial score (nSPS) is 16.0. The molecule has 0 saturated carbocycles. The average molecular weight is 305 g/mol. The smallest absolute Gasteiger partial charge is 0.144 e. The molecule has 3 N–H and O–H groups in total. The van der Waals surface area contributed by atoms with Gasteiger partial charge in [-0.15, -0.1) is 0 Å². The summed E-state index contributed by atoms with van der Waals surface area (Å²) in [5.74, 6) is 1.13. The molecule has 1 aliphatic heterocycles. The first-order valence-electron chi connectivity index (χ1n) is 7.60. The SMILES string of the molecule is CC(C)(O)CCn1cc2cc(N)c(OCC3COC3)cc2n1. The van der Waals surface area contributed by atoms with Crippen LogP contribution in [0.5, 0.6) is 5.75 Å². The summed E-state index contributed by atoms with van der Waals surface area (Å²) in [4.78, 5) is 0. The van der Waals surface area contributed by atoms with Crippen LogP contribution < -0.4 is 10.5 Å². The van der Waals surface area contributed by atoms with E-state index in [-0.39, 0.29) is 0 Å². The largest absolute Gasteiger partial charge is 0.491 e. The van der Waals surface area contributed by atoms with Gasteiger partial charge in [0.15, 0.2) is 0 Å². The van der Waals surface area contributed by atoms with Gasteiger partial charge in [-0.1, -0.05) is 0 Å². The Hall–Kier alpha value is -1.79. The monoisotopic (exact) mass is 305 g/mol. The summed E-state index contributed by atoms with van der Waals surface area (Å²) in [6.45, 7) is 6.39. The molecule has 0 aliphatic carbocycles. The van der Waals surface area contributed by atoms with Crippen LogP contribution in [0.1, 0.15) is 20.3 Å². The standard InChI is InChI=1S/C16H23N3O3/c1-16(2,20)3-4-19-7-12-5-13(17)15(6-14(12)18-19)22-10-11-8-21-9-11/h5-7,11,20H,3-4,8-10,17H2,1-2H3. The third-order valence-electron chi connectivity index (χ3n) is 3.82. The lowest BCUT2D eigenvalue weighted by molar-refractivity contribution is -0.0507. The third-order valence-corrected chi connectivity index (χ3v) is 3.82. The van der Waals surface area contributed by atoms with Crippen molar-refractivity contribution in [2.24, 2.45) is 5.92 Å². The first-order chi connectivity index (χ1) is 10.4. The quantitative estimate of drug-likeness (QED) is 0.795. The number of aromatic nitrogens is 2. The molecule has 2 heterocycles. The maximum absolute atomic E-state index is 9.80. The number of hydrogen-bond acceptors (Lipinski definition) is 5. The Morgan fingerprint density at radius 3 is 2.86 bits per heavy atom. The topological polar surface area (TPSA) is 82.5 Å². The summed E-state index contributed by atoms with van der Waals surface area (Å²) in [6, 6.07) is 3.76. The maximum atomic E-state index is 9.80. The van der Waals surface area contributed by atoms with Crippen molar-refractivity contribution in [3.63, 3.8) is 0 Å². The van der Waals surface area contributed by atoms with Crippen LogP contribution in [0.25, 0.3) is 10.9 Å². The minimum absolute atomic E-state index is 0.458. The van der Waals surface area contributed by atoms with Crippen molar-refractivity contribution >= 4 is 16.6 Å². The number of rotatable bonds is 6. The molecule has 0 atom stereocenters. The van der Waals surface area contributed by atoms with Gasteiger partial charge in [0.05, 0.1) is 36.6 Å². The Labute approximate surface area is 129 Å². The van der Waals surface area contributed by atoms with Crippen LogP contribution in [-0.4, -0.2) is 40.3 Å². The second kappa shape index (κ2) is 5.78. The van der Waals surface area contributed by atoms with Gasteiger partial charge in [-0.2, -0.15) is 5.10 Å². The van der Waals surface area contributed by atoms with E-state index in [9.17, 15) is 5.11 Å². The molecule has 1 aliphatic rings. The number of aliphatic hydroxyl groups is 1. The Morgan fingerprint density at radius 1 is 1.45 bits per heavy atom. The van der Waals surface area contributed by atoms with E-state index in [4.69, 9.17) is 15.2 Å². The molecule has 1 saturated heterocycles. The zero-order chi connectivity index (χ0) is 15.7.